The summed E-state index contributed by atoms with van der Waals surface area (Å²) in [5.41, 5.74) is 0. The van der Waals surface area contributed by atoms with Gasteiger partial charge in [0.15, 0.2) is 0 Å². The molecule has 2 aromatic heterocycles. The maximum atomic E-state index is 4.35. The normalized spacial score (nSPS) is 16.1. The summed E-state index contributed by atoms with van der Waals surface area (Å²) in [6.45, 7) is 1.94. The van der Waals surface area contributed by atoms with Crippen molar-refractivity contribution in [1.82, 2.24) is 15.0 Å². The zero-order valence-electron chi connectivity index (χ0n) is 11.0. The minimum atomic E-state index is 0.462. The van der Waals surface area contributed by atoms with Crippen molar-refractivity contribution in [3.8, 4) is 0 Å². The Bertz CT molecular complexity index is 537. The number of nitrogens with zero attached hydrogens (tertiary/aromatic N) is 4. The highest BCUT2D eigenvalue weighted by atomic mass is 79.9. The van der Waals surface area contributed by atoms with E-state index in [-0.39, 0.29) is 0 Å². The Hall–Kier alpha value is -1.69. The molecule has 3 rings (SSSR count). The maximum absolute atomic E-state index is 4.35. The Morgan fingerprint density at radius 1 is 1.10 bits per heavy atom. The van der Waals surface area contributed by atoms with Gasteiger partial charge in [0.1, 0.15) is 5.82 Å². The number of anilines is 2. The van der Waals surface area contributed by atoms with E-state index in [9.17, 15) is 0 Å². The summed E-state index contributed by atoms with van der Waals surface area (Å²) in [6.07, 6.45) is 7.53. The van der Waals surface area contributed by atoms with Gasteiger partial charge in [-0.05, 0) is 47.0 Å². The molecule has 1 aliphatic rings. The highest BCUT2D eigenvalue weighted by molar-refractivity contribution is 9.10. The van der Waals surface area contributed by atoms with Gasteiger partial charge in [0, 0.05) is 42.2 Å². The maximum Gasteiger partial charge on any atom is 0.225 e. The molecule has 2 aromatic rings. The van der Waals surface area contributed by atoms with E-state index in [0.717, 1.165) is 42.2 Å². The van der Waals surface area contributed by atoms with Crippen molar-refractivity contribution >= 4 is 27.7 Å². The molecule has 1 saturated heterocycles. The van der Waals surface area contributed by atoms with E-state index >= 15 is 0 Å². The Morgan fingerprint density at radius 2 is 1.85 bits per heavy atom. The van der Waals surface area contributed by atoms with Crippen LogP contribution in [0.3, 0.4) is 0 Å². The molecular formula is C14H16BrN5. The molecule has 0 bridgehead atoms. The van der Waals surface area contributed by atoms with Crippen LogP contribution in [-0.2, 0) is 0 Å². The van der Waals surface area contributed by atoms with Crippen molar-refractivity contribution in [2.24, 2.45) is 0 Å². The van der Waals surface area contributed by atoms with Gasteiger partial charge in [-0.2, -0.15) is 0 Å². The predicted octanol–water partition coefficient (Wildman–Crippen LogP) is 2.72. The molecule has 20 heavy (non-hydrogen) atoms. The monoisotopic (exact) mass is 333 g/mol. The number of rotatable bonds is 3. The molecule has 0 saturated carbocycles. The average Bonchev–Trinajstić information content (AvgIpc) is 2.51. The first-order chi connectivity index (χ1) is 9.81. The van der Waals surface area contributed by atoms with Crippen molar-refractivity contribution in [2.45, 2.75) is 18.9 Å². The van der Waals surface area contributed by atoms with Gasteiger partial charge in [-0.25, -0.2) is 15.0 Å². The van der Waals surface area contributed by atoms with Gasteiger partial charge in [-0.15, -0.1) is 0 Å². The smallest absolute Gasteiger partial charge is 0.225 e. The number of nitrogens with one attached hydrogen (secondary N) is 1. The highest BCUT2D eigenvalue weighted by Crippen LogP contribution is 2.19. The van der Waals surface area contributed by atoms with Crippen molar-refractivity contribution < 1.29 is 0 Å². The molecule has 0 amide bonds. The fraction of sp³-hybridized carbons (Fsp3) is 0.357. The van der Waals surface area contributed by atoms with Crippen LogP contribution in [0.4, 0.5) is 11.8 Å². The molecular weight excluding hydrogens is 318 g/mol. The number of hydrogen-bond donors (Lipinski definition) is 1. The minimum absolute atomic E-state index is 0.462. The third-order valence-electron chi connectivity index (χ3n) is 3.41. The van der Waals surface area contributed by atoms with E-state index in [1.54, 1.807) is 12.4 Å². The lowest BCUT2D eigenvalue weighted by molar-refractivity contribution is 0.519. The Balaban J connectivity index is 1.55. The summed E-state index contributed by atoms with van der Waals surface area (Å²) in [7, 11) is 0. The summed E-state index contributed by atoms with van der Waals surface area (Å²) < 4.78 is 0.999. The Morgan fingerprint density at radius 3 is 2.50 bits per heavy atom. The SMILES string of the molecule is Brc1ccc(NC2CCN(c3ncccn3)CC2)nc1. The van der Waals surface area contributed by atoms with Gasteiger partial charge in [-0.3, -0.25) is 0 Å². The van der Waals surface area contributed by atoms with Crippen LogP contribution in [-0.4, -0.2) is 34.1 Å². The van der Waals surface area contributed by atoms with Crippen LogP contribution in [0.5, 0.6) is 0 Å². The first kappa shape index (κ1) is 13.3. The summed E-state index contributed by atoms with van der Waals surface area (Å²) in [5, 5.41) is 3.48. The van der Waals surface area contributed by atoms with Crippen LogP contribution in [0, 0.1) is 0 Å². The molecule has 0 atom stereocenters. The molecule has 0 aliphatic carbocycles. The molecule has 1 N–H and O–H groups in total. The van der Waals surface area contributed by atoms with Crippen molar-refractivity contribution in [3.63, 3.8) is 0 Å². The second kappa shape index (κ2) is 6.17. The molecule has 0 unspecified atom stereocenters. The zero-order valence-corrected chi connectivity index (χ0v) is 12.6. The minimum Gasteiger partial charge on any atom is -0.367 e. The van der Waals surface area contributed by atoms with E-state index in [1.807, 2.05) is 24.4 Å². The first-order valence-corrected chi connectivity index (χ1v) is 7.50. The van der Waals surface area contributed by atoms with E-state index < -0.39 is 0 Å². The van der Waals surface area contributed by atoms with Crippen LogP contribution < -0.4 is 10.2 Å². The van der Waals surface area contributed by atoms with E-state index in [2.05, 4.69) is 41.1 Å². The van der Waals surface area contributed by atoms with Gasteiger partial charge < -0.3 is 10.2 Å². The topological polar surface area (TPSA) is 53.9 Å². The van der Waals surface area contributed by atoms with Crippen molar-refractivity contribution in [3.05, 3.63) is 41.3 Å². The van der Waals surface area contributed by atoms with E-state index in [1.165, 1.54) is 0 Å². The molecule has 6 heteroatoms. The Labute approximate surface area is 126 Å². The fourth-order valence-corrected chi connectivity index (χ4v) is 2.58. The van der Waals surface area contributed by atoms with E-state index in [4.69, 9.17) is 0 Å². The van der Waals surface area contributed by atoms with Crippen LogP contribution in [0.2, 0.25) is 0 Å². The van der Waals surface area contributed by atoms with Crippen molar-refractivity contribution in [1.29, 1.82) is 0 Å². The molecule has 104 valence electrons. The number of hydrogen-bond acceptors (Lipinski definition) is 5. The van der Waals surface area contributed by atoms with Crippen LogP contribution in [0.1, 0.15) is 12.8 Å². The first-order valence-electron chi connectivity index (χ1n) is 6.71. The van der Waals surface area contributed by atoms with Crippen LogP contribution in [0.25, 0.3) is 0 Å². The molecule has 0 radical (unpaired) electrons. The average molecular weight is 334 g/mol. The largest absolute Gasteiger partial charge is 0.367 e. The standard InChI is InChI=1S/C14H16BrN5/c15-11-2-3-13(18-10-11)19-12-4-8-20(9-5-12)14-16-6-1-7-17-14/h1-3,6-7,10,12H,4-5,8-9H2,(H,18,19). The zero-order chi connectivity index (χ0) is 13.8. The molecule has 1 fully saturated rings. The van der Waals surface area contributed by atoms with Gasteiger partial charge in [0.05, 0.1) is 0 Å². The third-order valence-corrected chi connectivity index (χ3v) is 3.88. The number of aromatic nitrogens is 3. The predicted molar refractivity (Wildman–Crippen MR) is 82.8 cm³/mol. The van der Waals surface area contributed by atoms with E-state index in [0.29, 0.717) is 6.04 Å². The van der Waals surface area contributed by atoms with Gasteiger partial charge in [-0.1, -0.05) is 0 Å². The highest BCUT2D eigenvalue weighted by Gasteiger charge is 2.20. The third kappa shape index (κ3) is 3.25. The molecule has 1 aliphatic heterocycles. The fourth-order valence-electron chi connectivity index (χ4n) is 2.35. The number of pyridine rings is 1. The lowest BCUT2D eigenvalue weighted by Gasteiger charge is -2.32. The van der Waals surface area contributed by atoms with Gasteiger partial charge in [0.25, 0.3) is 0 Å². The molecule has 5 nitrogen and oxygen atoms in total. The quantitative estimate of drug-likeness (QED) is 0.935. The summed E-state index contributed by atoms with van der Waals surface area (Å²) in [4.78, 5) is 15.2. The Kier molecular flexibility index (Phi) is 4.11. The summed E-state index contributed by atoms with van der Waals surface area (Å²) in [6, 6.07) is 6.31. The summed E-state index contributed by atoms with van der Waals surface area (Å²) in [5.74, 6) is 1.76. The summed E-state index contributed by atoms with van der Waals surface area (Å²) >= 11 is 3.39. The van der Waals surface area contributed by atoms with Crippen LogP contribution >= 0.6 is 15.9 Å². The molecule has 0 aromatic carbocycles. The second-order valence-electron chi connectivity index (χ2n) is 4.82. The lowest BCUT2D eigenvalue weighted by atomic mass is 10.1. The van der Waals surface area contributed by atoms with Gasteiger partial charge >= 0.3 is 0 Å². The van der Waals surface area contributed by atoms with Crippen molar-refractivity contribution in [2.75, 3.05) is 23.3 Å². The lowest BCUT2D eigenvalue weighted by Crippen LogP contribution is -2.40. The number of piperidine rings is 1. The number of halogens is 1. The van der Waals surface area contributed by atoms with Crippen LogP contribution in [0.15, 0.2) is 41.3 Å². The van der Waals surface area contributed by atoms with Gasteiger partial charge in [0.2, 0.25) is 5.95 Å². The molecule has 0 spiro atoms. The second-order valence-corrected chi connectivity index (χ2v) is 5.73. The molecule has 3 heterocycles.